The van der Waals surface area contributed by atoms with Crippen LogP contribution in [0.1, 0.15) is 5.56 Å². The van der Waals surface area contributed by atoms with Crippen molar-refractivity contribution in [2.45, 2.75) is 13.2 Å². The van der Waals surface area contributed by atoms with Gasteiger partial charge in [-0.15, -0.1) is 0 Å². The van der Waals surface area contributed by atoms with Crippen molar-refractivity contribution in [2.75, 3.05) is 0 Å². The normalized spacial score (nSPS) is 10.9. The van der Waals surface area contributed by atoms with Crippen molar-refractivity contribution in [1.29, 1.82) is 0 Å². The maximum Gasteiger partial charge on any atom is 0.420 e. The van der Waals surface area contributed by atoms with Crippen LogP contribution in [-0.2, 0) is 22.7 Å². The van der Waals surface area contributed by atoms with Gasteiger partial charge in [0, 0.05) is 10.0 Å². The van der Waals surface area contributed by atoms with E-state index in [-0.39, 0.29) is 18.7 Å². The molecule has 0 unspecified atom stereocenters. The number of fused-ring (bicyclic) bond motifs is 1. The molecule has 2 aromatic carbocycles. The van der Waals surface area contributed by atoms with Crippen LogP contribution in [0.25, 0.3) is 11.1 Å². The Morgan fingerprint density at radius 2 is 2.04 bits per heavy atom. The molecule has 1 aromatic heterocycles. The number of hydrogen-bond donors (Lipinski definition) is 0. The minimum atomic E-state index is -0.652. The lowest BCUT2D eigenvalue weighted by Gasteiger charge is -2.06. The third-order valence-electron chi connectivity index (χ3n) is 3.26. The lowest BCUT2D eigenvalue weighted by Crippen LogP contribution is -2.21. The van der Waals surface area contributed by atoms with E-state index in [0.717, 1.165) is 0 Å². The Kier molecular flexibility index (Phi) is 4.29. The van der Waals surface area contributed by atoms with Crippen molar-refractivity contribution in [2.24, 2.45) is 0 Å². The van der Waals surface area contributed by atoms with Gasteiger partial charge in [-0.1, -0.05) is 34.1 Å². The first-order valence-electron chi connectivity index (χ1n) is 6.72. The molecule has 0 aliphatic heterocycles. The molecule has 0 amide bonds. The molecule has 0 spiro atoms. The quantitative estimate of drug-likeness (QED) is 0.652. The van der Waals surface area contributed by atoms with Gasteiger partial charge in [-0.05, 0) is 24.3 Å². The predicted molar refractivity (Wildman–Crippen MR) is 84.4 cm³/mol. The van der Waals surface area contributed by atoms with Gasteiger partial charge in [-0.2, -0.15) is 0 Å². The summed E-state index contributed by atoms with van der Waals surface area (Å²) in [6.45, 7) is -0.503. The van der Waals surface area contributed by atoms with Crippen molar-refractivity contribution in [1.82, 2.24) is 4.57 Å². The summed E-state index contributed by atoms with van der Waals surface area (Å²) in [4.78, 5) is 23.7. The summed E-state index contributed by atoms with van der Waals surface area (Å²) in [5, 5.41) is 0. The van der Waals surface area contributed by atoms with Gasteiger partial charge in [0.15, 0.2) is 5.58 Å². The molecule has 0 aliphatic rings. The second-order valence-electron chi connectivity index (χ2n) is 4.82. The number of hydrogen-bond acceptors (Lipinski definition) is 4. The van der Waals surface area contributed by atoms with Crippen molar-refractivity contribution < 1.29 is 18.3 Å². The molecule has 3 aromatic rings. The zero-order valence-electron chi connectivity index (χ0n) is 11.8. The van der Waals surface area contributed by atoms with E-state index in [9.17, 15) is 14.0 Å². The average molecular weight is 380 g/mol. The van der Waals surface area contributed by atoms with Crippen LogP contribution < -0.4 is 5.76 Å². The summed E-state index contributed by atoms with van der Waals surface area (Å²) < 4.78 is 25.5. The number of oxazole rings is 1. The smallest absolute Gasteiger partial charge is 0.420 e. The number of benzene rings is 2. The fourth-order valence-corrected chi connectivity index (χ4v) is 2.47. The molecule has 0 bridgehead atoms. The zero-order valence-corrected chi connectivity index (χ0v) is 13.4. The number of carbonyl (C=O) groups excluding carboxylic acids is 1. The zero-order chi connectivity index (χ0) is 16.4. The summed E-state index contributed by atoms with van der Waals surface area (Å²) in [7, 11) is 0. The molecule has 0 fully saturated rings. The molecule has 118 valence electrons. The average Bonchev–Trinajstić information content (AvgIpc) is 2.82. The number of carbonyl (C=O) groups is 1. The number of nitrogens with zero attached hydrogens (tertiary/aromatic N) is 1. The summed E-state index contributed by atoms with van der Waals surface area (Å²) >= 11 is 3.15. The molecule has 1 heterocycles. The second-order valence-corrected chi connectivity index (χ2v) is 5.73. The molecular formula is C16H11BrFNO4. The monoisotopic (exact) mass is 379 g/mol. The fraction of sp³-hybridized carbons (Fsp3) is 0.125. The van der Waals surface area contributed by atoms with E-state index in [4.69, 9.17) is 9.15 Å². The molecule has 0 N–H and O–H groups in total. The first kappa shape index (κ1) is 15.5. The standard InChI is InChI=1S/C16H11BrFNO4/c17-11-6-5-10(12(18)7-11)9-22-15(20)8-19-13-3-1-2-4-14(13)23-16(19)21/h1-7H,8-9H2. The third kappa shape index (κ3) is 3.34. The lowest BCUT2D eigenvalue weighted by molar-refractivity contribution is -0.145. The Bertz CT molecular complexity index is 931. The van der Waals surface area contributed by atoms with Crippen LogP contribution in [0.5, 0.6) is 0 Å². The van der Waals surface area contributed by atoms with E-state index in [1.807, 2.05) is 0 Å². The summed E-state index contributed by atoms with van der Waals surface area (Å²) in [5.41, 5.74) is 1.15. The van der Waals surface area contributed by atoms with Gasteiger partial charge >= 0.3 is 11.7 Å². The van der Waals surface area contributed by atoms with Gasteiger partial charge in [0.2, 0.25) is 0 Å². The Labute approximate surface area is 138 Å². The van der Waals surface area contributed by atoms with Crippen LogP contribution in [-0.4, -0.2) is 10.5 Å². The molecular weight excluding hydrogens is 369 g/mol. The first-order chi connectivity index (χ1) is 11.0. The number of halogens is 2. The van der Waals surface area contributed by atoms with Crippen LogP contribution >= 0.6 is 15.9 Å². The first-order valence-corrected chi connectivity index (χ1v) is 7.52. The highest BCUT2D eigenvalue weighted by atomic mass is 79.9. The van der Waals surface area contributed by atoms with Crippen LogP contribution in [0.15, 0.2) is 56.1 Å². The van der Waals surface area contributed by atoms with Gasteiger partial charge in [0.25, 0.3) is 0 Å². The van der Waals surface area contributed by atoms with E-state index >= 15 is 0 Å². The minimum absolute atomic E-state index is 0.206. The van der Waals surface area contributed by atoms with E-state index in [2.05, 4.69) is 15.9 Å². The summed E-state index contributed by atoms with van der Waals surface area (Å²) in [6, 6.07) is 11.2. The highest BCUT2D eigenvalue weighted by molar-refractivity contribution is 9.10. The molecule has 5 nitrogen and oxygen atoms in total. The number of aromatic nitrogens is 1. The number of para-hydroxylation sites is 2. The molecule has 0 radical (unpaired) electrons. The van der Waals surface area contributed by atoms with Crippen molar-refractivity contribution >= 4 is 33.0 Å². The molecule has 0 saturated heterocycles. The molecule has 0 saturated carbocycles. The third-order valence-corrected chi connectivity index (χ3v) is 3.76. The molecule has 23 heavy (non-hydrogen) atoms. The van der Waals surface area contributed by atoms with Crippen molar-refractivity contribution in [3.05, 3.63) is 68.9 Å². The highest BCUT2D eigenvalue weighted by Gasteiger charge is 2.14. The van der Waals surface area contributed by atoms with Crippen LogP contribution in [0.3, 0.4) is 0 Å². The molecule has 3 rings (SSSR count). The maximum absolute atomic E-state index is 13.7. The fourth-order valence-electron chi connectivity index (χ4n) is 2.14. The van der Waals surface area contributed by atoms with Crippen LogP contribution in [0.4, 0.5) is 4.39 Å². The topological polar surface area (TPSA) is 61.4 Å². The minimum Gasteiger partial charge on any atom is -0.459 e. The van der Waals surface area contributed by atoms with Crippen LogP contribution in [0.2, 0.25) is 0 Å². The van der Waals surface area contributed by atoms with E-state index < -0.39 is 17.5 Å². The second kappa shape index (κ2) is 6.37. The Balaban J connectivity index is 1.72. The predicted octanol–water partition coefficient (Wildman–Crippen LogP) is 3.24. The van der Waals surface area contributed by atoms with E-state index in [0.29, 0.717) is 15.6 Å². The number of ether oxygens (including phenoxy) is 1. The highest BCUT2D eigenvalue weighted by Crippen LogP contribution is 2.16. The number of esters is 1. The molecule has 0 aliphatic carbocycles. The Morgan fingerprint density at radius 3 is 2.83 bits per heavy atom. The molecule has 0 atom stereocenters. The van der Waals surface area contributed by atoms with Gasteiger partial charge in [-0.25, -0.2) is 9.18 Å². The lowest BCUT2D eigenvalue weighted by atomic mass is 10.2. The van der Waals surface area contributed by atoms with Crippen LogP contribution in [0, 0.1) is 5.82 Å². The van der Waals surface area contributed by atoms with Gasteiger partial charge < -0.3 is 9.15 Å². The van der Waals surface area contributed by atoms with Gasteiger partial charge in [0.1, 0.15) is 19.0 Å². The number of rotatable bonds is 4. The van der Waals surface area contributed by atoms with Crippen molar-refractivity contribution in [3.63, 3.8) is 0 Å². The Hall–Kier alpha value is -2.41. The summed E-state index contributed by atoms with van der Waals surface area (Å²) in [5.74, 6) is -1.77. The largest absolute Gasteiger partial charge is 0.459 e. The van der Waals surface area contributed by atoms with Crippen molar-refractivity contribution in [3.8, 4) is 0 Å². The SMILES string of the molecule is O=C(Cn1c(=O)oc2ccccc21)OCc1ccc(Br)cc1F. The van der Waals surface area contributed by atoms with E-state index in [1.165, 1.54) is 16.7 Å². The van der Waals surface area contributed by atoms with Gasteiger partial charge in [0.05, 0.1) is 5.52 Å². The maximum atomic E-state index is 13.7. The Morgan fingerprint density at radius 1 is 1.26 bits per heavy atom. The van der Waals surface area contributed by atoms with E-state index in [1.54, 1.807) is 30.3 Å². The summed E-state index contributed by atoms with van der Waals surface area (Å²) in [6.07, 6.45) is 0. The molecule has 7 heteroatoms. The van der Waals surface area contributed by atoms with Gasteiger partial charge in [-0.3, -0.25) is 9.36 Å².